The maximum Gasteiger partial charge on any atom is 0.280 e. The third kappa shape index (κ3) is 4.47. The van der Waals surface area contributed by atoms with E-state index in [0.717, 1.165) is 0 Å². The summed E-state index contributed by atoms with van der Waals surface area (Å²) in [5, 5.41) is 21.6. The first-order valence-electron chi connectivity index (χ1n) is 9.37. The summed E-state index contributed by atoms with van der Waals surface area (Å²) in [6.07, 6.45) is 0. The van der Waals surface area contributed by atoms with Gasteiger partial charge in [-0.25, -0.2) is 0 Å². The summed E-state index contributed by atoms with van der Waals surface area (Å²) in [5.74, 6) is 0.336. The summed E-state index contributed by atoms with van der Waals surface area (Å²) < 4.78 is 11.0. The van der Waals surface area contributed by atoms with Crippen molar-refractivity contribution in [3.05, 3.63) is 90.1 Å². The number of carbonyl (C=O) groups excluding carboxylic acids is 1. The molecule has 0 unspecified atom stereocenters. The molecule has 3 aromatic rings. The second-order valence-corrected chi connectivity index (χ2v) is 6.41. The summed E-state index contributed by atoms with van der Waals surface area (Å²) in [7, 11) is 0. The van der Waals surface area contributed by atoms with E-state index in [1.54, 1.807) is 66.7 Å². The lowest BCUT2D eigenvalue weighted by atomic mass is 10.1. The number of para-hydroxylation sites is 1. The molecule has 0 radical (unpaired) electrons. The Kier molecular flexibility index (Phi) is 5.70. The fraction of sp³-hybridized carbons (Fsp3) is 0.0870. The maximum absolute atomic E-state index is 12.9. The predicted octanol–water partition coefficient (Wildman–Crippen LogP) is 5.11. The van der Waals surface area contributed by atoms with Crippen LogP contribution in [0.15, 0.2) is 94.8 Å². The molecule has 1 heterocycles. The van der Waals surface area contributed by atoms with Crippen LogP contribution < -0.4 is 14.8 Å². The Bertz CT molecular complexity index is 1100. The molecule has 0 fully saturated rings. The van der Waals surface area contributed by atoms with E-state index in [2.05, 4.69) is 15.5 Å². The Hall–Kier alpha value is -4.13. The van der Waals surface area contributed by atoms with Crippen molar-refractivity contribution in [3.8, 4) is 11.5 Å². The van der Waals surface area contributed by atoms with E-state index in [1.165, 1.54) is 0 Å². The molecule has 0 bridgehead atoms. The van der Waals surface area contributed by atoms with Crippen LogP contribution in [0.1, 0.15) is 5.56 Å². The number of azo groups is 1. The van der Waals surface area contributed by atoms with E-state index in [1.807, 2.05) is 12.1 Å². The molecule has 4 rings (SSSR count). The van der Waals surface area contributed by atoms with Crippen LogP contribution in [0.2, 0.25) is 0 Å². The average molecular weight is 401 g/mol. The van der Waals surface area contributed by atoms with Crippen molar-refractivity contribution in [1.29, 1.82) is 0 Å². The normalized spacial score (nSPS) is 13.6. The van der Waals surface area contributed by atoms with Crippen molar-refractivity contribution in [2.24, 2.45) is 10.2 Å². The average Bonchev–Trinajstić information content (AvgIpc) is 2.80. The molecule has 1 amide bonds. The van der Waals surface area contributed by atoms with E-state index >= 15 is 0 Å². The van der Waals surface area contributed by atoms with Crippen LogP contribution in [0.5, 0.6) is 11.5 Å². The second kappa shape index (κ2) is 8.91. The number of rotatable bonds is 5. The van der Waals surface area contributed by atoms with E-state index in [4.69, 9.17) is 9.47 Å². The van der Waals surface area contributed by atoms with E-state index in [-0.39, 0.29) is 11.5 Å². The monoisotopic (exact) mass is 401 g/mol. The van der Waals surface area contributed by atoms with Crippen LogP contribution >= 0.6 is 0 Å². The fourth-order valence-electron chi connectivity index (χ4n) is 2.85. The fourth-order valence-corrected chi connectivity index (χ4v) is 2.85. The molecule has 1 aliphatic rings. The molecule has 0 saturated heterocycles. The number of fused-ring (bicyclic) bond motifs is 1. The van der Waals surface area contributed by atoms with Crippen LogP contribution in [0, 0.1) is 0 Å². The van der Waals surface area contributed by atoms with Crippen molar-refractivity contribution in [1.82, 2.24) is 0 Å². The maximum atomic E-state index is 12.9. The predicted molar refractivity (Wildman–Crippen MR) is 113 cm³/mol. The topological polar surface area (TPSA) is 92.5 Å². The SMILES string of the molecule is O=C(Nc1ccccc1)/C(N=Nc1ccc2c(c1)OCCO2)=C(\O)c1ccccc1. The van der Waals surface area contributed by atoms with Gasteiger partial charge in [-0.1, -0.05) is 48.5 Å². The zero-order valence-corrected chi connectivity index (χ0v) is 16.0. The molecule has 1 aliphatic heterocycles. The van der Waals surface area contributed by atoms with E-state index < -0.39 is 5.91 Å². The molecular weight excluding hydrogens is 382 g/mol. The largest absolute Gasteiger partial charge is 0.505 e. The molecule has 0 aliphatic carbocycles. The number of nitrogens with one attached hydrogen (secondary N) is 1. The molecule has 150 valence electrons. The molecule has 7 heteroatoms. The summed E-state index contributed by atoms with van der Waals surface area (Å²) in [4.78, 5) is 12.9. The van der Waals surface area contributed by atoms with Gasteiger partial charge in [0.25, 0.3) is 5.91 Å². The highest BCUT2D eigenvalue weighted by Gasteiger charge is 2.18. The van der Waals surface area contributed by atoms with Crippen LogP contribution in [-0.4, -0.2) is 24.2 Å². The van der Waals surface area contributed by atoms with Crippen molar-refractivity contribution < 1.29 is 19.4 Å². The highest BCUT2D eigenvalue weighted by molar-refractivity contribution is 6.07. The van der Waals surface area contributed by atoms with Crippen molar-refractivity contribution in [2.75, 3.05) is 18.5 Å². The van der Waals surface area contributed by atoms with Gasteiger partial charge in [0.05, 0.1) is 5.69 Å². The highest BCUT2D eigenvalue weighted by Crippen LogP contribution is 2.34. The summed E-state index contributed by atoms with van der Waals surface area (Å²) in [6.45, 7) is 0.943. The van der Waals surface area contributed by atoms with Crippen LogP contribution in [0.4, 0.5) is 11.4 Å². The minimum Gasteiger partial charge on any atom is -0.505 e. The number of hydrogen-bond donors (Lipinski definition) is 2. The lowest BCUT2D eigenvalue weighted by Crippen LogP contribution is -2.15. The number of ether oxygens (including phenoxy) is 2. The minimum atomic E-state index is -0.580. The van der Waals surface area contributed by atoms with Gasteiger partial charge >= 0.3 is 0 Å². The van der Waals surface area contributed by atoms with Crippen LogP contribution in [0.25, 0.3) is 5.76 Å². The number of nitrogens with zero attached hydrogens (tertiary/aromatic N) is 2. The van der Waals surface area contributed by atoms with Gasteiger partial charge in [-0.15, -0.1) is 5.11 Å². The van der Waals surface area contributed by atoms with Gasteiger partial charge < -0.3 is 19.9 Å². The minimum absolute atomic E-state index is 0.208. The molecular formula is C23H19N3O4. The van der Waals surface area contributed by atoms with Gasteiger partial charge in [0.15, 0.2) is 23.0 Å². The molecule has 0 saturated carbocycles. The number of aliphatic hydroxyl groups is 1. The first-order chi connectivity index (χ1) is 14.7. The first-order valence-corrected chi connectivity index (χ1v) is 9.37. The van der Waals surface area contributed by atoms with Gasteiger partial charge in [-0.2, -0.15) is 5.11 Å². The summed E-state index contributed by atoms with van der Waals surface area (Å²) in [5.41, 5.74) is 1.29. The molecule has 3 aromatic carbocycles. The van der Waals surface area contributed by atoms with Crippen LogP contribution in [-0.2, 0) is 4.79 Å². The van der Waals surface area contributed by atoms with Gasteiger partial charge in [-0.3, -0.25) is 4.79 Å². The zero-order chi connectivity index (χ0) is 20.8. The Morgan fingerprint density at radius 2 is 1.53 bits per heavy atom. The van der Waals surface area contributed by atoms with Gasteiger partial charge in [0.1, 0.15) is 13.2 Å². The third-order valence-electron chi connectivity index (χ3n) is 4.31. The smallest absolute Gasteiger partial charge is 0.280 e. The molecule has 7 nitrogen and oxygen atoms in total. The third-order valence-corrected chi connectivity index (χ3v) is 4.31. The standard InChI is InChI=1S/C23H19N3O4/c27-22(16-7-3-1-4-8-16)21(23(28)24-17-9-5-2-6-10-17)26-25-18-11-12-19-20(15-18)30-14-13-29-19/h1-12,15,27H,13-14H2,(H,24,28)/b22-21+,26-25?. The number of benzene rings is 3. The van der Waals surface area contributed by atoms with Gasteiger partial charge in [-0.05, 0) is 24.3 Å². The molecule has 0 spiro atoms. The van der Waals surface area contributed by atoms with Crippen LogP contribution in [0.3, 0.4) is 0 Å². The Morgan fingerprint density at radius 3 is 2.27 bits per heavy atom. The first kappa shape index (κ1) is 19.2. The number of aliphatic hydroxyl groups excluding tert-OH is 1. The van der Waals surface area contributed by atoms with E-state index in [0.29, 0.717) is 41.7 Å². The number of carbonyl (C=O) groups is 1. The zero-order valence-electron chi connectivity index (χ0n) is 16.0. The van der Waals surface area contributed by atoms with Crippen molar-refractivity contribution in [3.63, 3.8) is 0 Å². The van der Waals surface area contributed by atoms with Crippen molar-refractivity contribution >= 4 is 23.0 Å². The second-order valence-electron chi connectivity index (χ2n) is 6.41. The molecule has 2 N–H and O–H groups in total. The molecule has 0 aromatic heterocycles. The Labute approximate surface area is 173 Å². The van der Waals surface area contributed by atoms with Crippen molar-refractivity contribution in [2.45, 2.75) is 0 Å². The molecule has 0 atom stereocenters. The highest BCUT2D eigenvalue weighted by atomic mass is 16.6. The summed E-state index contributed by atoms with van der Waals surface area (Å²) in [6, 6.07) is 22.7. The molecule has 30 heavy (non-hydrogen) atoms. The Balaban J connectivity index is 1.66. The number of hydrogen-bond acceptors (Lipinski definition) is 6. The lowest BCUT2D eigenvalue weighted by Gasteiger charge is -2.17. The lowest BCUT2D eigenvalue weighted by molar-refractivity contribution is -0.112. The Morgan fingerprint density at radius 1 is 0.867 bits per heavy atom. The number of amides is 1. The quantitative estimate of drug-likeness (QED) is 0.353. The van der Waals surface area contributed by atoms with Gasteiger partial charge in [0.2, 0.25) is 0 Å². The summed E-state index contributed by atoms with van der Waals surface area (Å²) >= 11 is 0. The van der Waals surface area contributed by atoms with Gasteiger partial charge in [0, 0.05) is 17.3 Å². The van der Waals surface area contributed by atoms with E-state index in [9.17, 15) is 9.90 Å². The number of anilines is 1.